The lowest BCUT2D eigenvalue weighted by atomic mass is 10.1. The molecule has 1 N–H and O–H groups in total. The van der Waals surface area contributed by atoms with Crippen molar-refractivity contribution < 1.29 is 23.9 Å². The number of carbonyl (C=O) groups is 3. The van der Waals surface area contributed by atoms with Gasteiger partial charge in [0.25, 0.3) is 0 Å². The number of fused-ring (bicyclic) bond motifs is 1. The number of nitrogens with one attached hydrogen (secondary N) is 1. The van der Waals surface area contributed by atoms with Crippen molar-refractivity contribution in [3.05, 3.63) is 23.8 Å². The molecule has 1 saturated heterocycles. The summed E-state index contributed by atoms with van der Waals surface area (Å²) in [5.41, 5.74) is 0.867. The predicted octanol–water partition coefficient (Wildman–Crippen LogP) is 2.26. The number of amides is 4. The smallest absolute Gasteiger partial charge is 0.330 e. The van der Waals surface area contributed by atoms with Crippen LogP contribution in [0.25, 0.3) is 0 Å². The molecule has 2 heterocycles. The SMILES string of the molecule is CCCCCCN1C(=O)NC(=O)[C@@H](C=NCc2ccc3c(c2)OCO3)C1=O. The Labute approximate surface area is 157 Å². The van der Waals surface area contributed by atoms with Gasteiger partial charge in [0, 0.05) is 12.8 Å². The van der Waals surface area contributed by atoms with E-state index in [-0.39, 0.29) is 13.3 Å². The first-order valence-corrected chi connectivity index (χ1v) is 9.15. The summed E-state index contributed by atoms with van der Waals surface area (Å²) in [5.74, 6) is -0.901. The summed E-state index contributed by atoms with van der Waals surface area (Å²) in [6, 6.07) is 4.80. The number of nitrogens with zero attached hydrogens (tertiary/aromatic N) is 2. The van der Waals surface area contributed by atoms with Gasteiger partial charge in [-0.3, -0.25) is 24.8 Å². The van der Waals surface area contributed by atoms with Gasteiger partial charge >= 0.3 is 6.03 Å². The molecule has 1 aromatic rings. The van der Waals surface area contributed by atoms with Crippen molar-refractivity contribution in [2.75, 3.05) is 13.3 Å². The molecule has 0 aromatic heterocycles. The minimum atomic E-state index is -1.08. The van der Waals surface area contributed by atoms with Gasteiger partial charge in [0.1, 0.15) is 0 Å². The molecule has 144 valence electrons. The van der Waals surface area contributed by atoms with E-state index in [1.165, 1.54) is 6.21 Å². The molecule has 1 fully saturated rings. The summed E-state index contributed by atoms with van der Waals surface area (Å²) >= 11 is 0. The monoisotopic (exact) mass is 373 g/mol. The third-order valence-electron chi connectivity index (χ3n) is 4.49. The normalized spacial score (nSPS) is 19.1. The third-order valence-corrected chi connectivity index (χ3v) is 4.49. The highest BCUT2D eigenvalue weighted by molar-refractivity contribution is 6.23. The number of hydrogen-bond donors (Lipinski definition) is 1. The Kier molecular flexibility index (Phi) is 6.05. The number of aliphatic imine (C=N–C) groups is 1. The molecule has 0 bridgehead atoms. The quantitative estimate of drug-likeness (QED) is 0.428. The Morgan fingerprint density at radius 1 is 1.19 bits per heavy atom. The topological polar surface area (TPSA) is 97.3 Å². The first-order valence-electron chi connectivity index (χ1n) is 9.15. The number of rotatable bonds is 8. The van der Waals surface area contributed by atoms with E-state index in [9.17, 15) is 14.4 Å². The van der Waals surface area contributed by atoms with Crippen LogP contribution in [-0.2, 0) is 16.1 Å². The molecule has 1 aromatic carbocycles. The Morgan fingerprint density at radius 2 is 2.00 bits per heavy atom. The minimum Gasteiger partial charge on any atom is -0.454 e. The van der Waals surface area contributed by atoms with Crippen molar-refractivity contribution in [2.45, 2.75) is 39.2 Å². The Hall–Kier alpha value is -2.90. The van der Waals surface area contributed by atoms with E-state index >= 15 is 0 Å². The van der Waals surface area contributed by atoms with Crippen LogP contribution >= 0.6 is 0 Å². The van der Waals surface area contributed by atoms with Gasteiger partial charge in [-0.1, -0.05) is 32.3 Å². The lowest BCUT2D eigenvalue weighted by molar-refractivity contribution is -0.139. The van der Waals surface area contributed by atoms with Gasteiger partial charge in [-0.25, -0.2) is 4.79 Å². The zero-order chi connectivity index (χ0) is 19.2. The highest BCUT2D eigenvalue weighted by Crippen LogP contribution is 2.32. The van der Waals surface area contributed by atoms with Gasteiger partial charge in [-0.2, -0.15) is 0 Å². The number of urea groups is 1. The van der Waals surface area contributed by atoms with Crippen LogP contribution < -0.4 is 14.8 Å². The second-order valence-electron chi connectivity index (χ2n) is 6.50. The summed E-state index contributed by atoms with van der Waals surface area (Å²) in [6.45, 7) is 2.88. The number of ether oxygens (including phenoxy) is 2. The van der Waals surface area contributed by atoms with Gasteiger partial charge in [0.05, 0.1) is 6.54 Å². The number of benzene rings is 1. The van der Waals surface area contributed by atoms with Crippen LogP contribution in [0.5, 0.6) is 11.5 Å². The zero-order valence-electron chi connectivity index (χ0n) is 15.3. The first-order chi connectivity index (χ1) is 13.1. The van der Waals surface area contributed by atoms with Crippen molar-refractivity contribution in [3.8, 4) is 11.5 Å². The Morgan fingerprint density at radius 3 is 2.81 bits per heavy atom. The number of hydrogen-bond acceptors (Lipinski definition) is 6. The number of unbranched alkanes of at least 4 members (excludes halogenated alkanes) is 3. The summed E-state index contributed by atoms with van der Waals surface area (Å²) in [6.07, 6.45) is 5.08. The van der Waals surface area contributed by atoms with E-state index < -0.39 is 23.8 Å². The molecule has 4 amide bonds. The zero-order valence-corrected chi connectivity index (χ0v) is 15.3. The molecule has 8 nitrogen and oxygen atoms in total. The van der Waals surface area contributed by atoms with Crippen molar-refractivity contribution in [1.29, 1.82) is 0 Å². The average molecular weight is 373 g/mol. The van der Waals surface area contributed by atoms with Gasteiger partial charge in [0.15, 0.2) is 17.4 Å². The Bertz CT molecular complexity index is 762. The summed E-state index contributed by atoms with van der Waals surface area (Å²) in [7, 11) is 0. The van der Waals surface area contributed by atoms with E-state index in [4.69, 9.17) is 9.47 Å². The van der Waals surface area contributed by atoms with Crippen LogP contribution in [0.15, 0.2) is 23.2 Å². The number of carbonyl (C=O) groups excluding carboxylic acids is 3. The number of imide groups is 2. The Balaban J connectivity index is 1.60. The highest BCUT2D eigenvalue weighted by atomic mass is 16.7. The molecule has 3 rings (SSSR count). The summed E-state index contributed by atoms with van der Waals surface area (Å²) in [4.78, 5) is 41.8. The fourth-order valence-corrected chi connectivity index (χ4v) is 2.97. The third kappa shape index (κ3) is 4.45. The van der Waals surface area contributed by atoms with E-state index in [1.54, 1.807) is 6.07 Å². The molecule has 1 atom stereocenters. The van der Waals surface area contributed by atoms with Crippen LogP contribution in [0.4, 0.5) is 4.79 Å². The molecular weight excluding hydrogens is 350 g/mol. The molecule has 0 radical (unpaired) electrons. The van der Waals surface area contributed by atoms with Gasteiger partial charge in [0.2, 0.25) is 18.6 Å². The molecule has 8 heteroatoms. The number of barbiturate groups is 1. The largest absolute Gasteiger partial charge is 0.454 e. The van der Waals surface area contributed by atoms with Gasteiger partial charge < -0.3 is 9.47 Å². The van der Waals surface area contributed by atoms with E-state index in [2.05, 4.69) is 17.2 Å². The molecule has 2 aliphatic heterocycles. The van der Waals surface area contributed by atoms with E-state index in [0.29, 0.717) is 18.0 Å². The maximum absolute atomic E-state index is 12.5. The van der Waals surface area contributed by atoms with Crippen LogP contribution in [0.3, 0.4) is 0 Å². The lowest BCUT2D eigenvalue weighted by Crippen LogP contribution is -2.58. The summed E-state index contributed by atoms with van der Waals surface area (Å²) in [5, 5.41) is 2.23. The highest BCUT2D eigenvalue weighted by Gasteiger charge is 2.39. The molecule has 0 saturated carbocycles. The van der Waals surface area contributed by atoms with Crippen LogP contribution in [0.1, 0.15) is 38.2 Å². The standard InChI is InChI=1S/C19H23N3O5/c1-2-3-4-5-8-22-18(24)14(17(23)21-19(22)25)11-20-10-13-6-7-15-16(9-13)27-12-26-15/h6-7,9,11,14H,2-5,8,10,12H2,1H3,(H,21,23,25)/t14-/m1/s1. The van der Waals surface area contributed by atoms with Crippen LogP contribution in [0.2, 0.25) is 0 Å². The maximum Gasteiger partial charge on any atom is 0.330 e. The van der Waals surface area contributed by atoms with Crippen molar-refractivity contribution >= 4 is 24.1 Å². The van der Waals surface area contributed by atoms with E-state index in [0.717, 1.165) is 36.1 Å². The average Bonchev–Trinajstić information content (AvgIpc) is 3.11. The fraction of sp³-hybridized carbons (Fsp3) is 0.474. The van der Waals surface area contributed by atoms with Crippen LogP contribution in [-0.4, -0.2) is 42.3 Å². The van der Waals surface area contributed by atoms with E-state index in [1.807, 2.05) is 12.1 Å². The first kappa shape index (κ1) is 18.9. The second-order valence-corrected chi connectivity index (χ2v) is 6.50. The van der Waals surface area contributed by atoms with Crippen LogP contribution in [0, 0.1) is 5.92 Å². The molecule has 0 spiro atoms. The molecule has 0 aliphatic carbocycles. The molecule has 0 unspecified atom stereocenters. The second kappa shape index (κ2) is 8.66. The maximum atomic E-state index is 12.5. The fourth-order valence-electron chi connectivity index (χ4n) is 2.97. The lowest BCUT2D eigenvalue weighted by Gasteiger charge is -2.28. The molecule has 27 heavy (non-hydrogen) atoms. The van der Waals surface area contributed by atoms with Crippen molar-refractivity contribution in [1.82, 2.24) is 10.2 Å². The molecule has 2 aliphatic rings. The summed E-state index contributed by atoms with van der Waals surface area (Å²) < 4.78 is 10.6. The van der Waals surface area contributed by atoms with Crippen molar-refractivity contribution in [3.63, 3.8) is 0 Å². The predicted molar refractivity (Wildman–Crippen MR) is 97.6 cm³/mol. The van der Waals surface area contributed by atoms with Crippen molar-refractivity contribution in [2.24, 2.45) is 10.9 Å². The van der Waals surface area contributed by atoms with Gasteiger partial charge in [-0.05, 0) is 24.1 Å². The molecular formula is C19H23N3O5. The minimum absolute atomic E-state index is 0.195. The van der Waals surface area contributed by atoms with Gasteiger partial charge in [-0.15, -0.1) is 0 Å².